The normalized spacial score (nSPS) is 15.4. The molecule has 0 radical (unpaired) electrons. The molecule has 24 heavy (non-hydrogen) atoms. The molecule has 0 saturated heterocycles. The first-order valence-electron chi connectivity index (χ1n) is 7.55. The number of aromatic hydroxyl groups is 1. The fourth-order valence-corrected chi connectivity index (χ4v) is 2.63. The maximum atomic E-state index is 12.8. The van der Waals surface area contributed by atoms with Crippen molar-refractivity contribution >= 4 is 11.9 Å². The minimum atomic E-state index is -0.0829. The second kappa shape index (κ2) is 6.66. The lowest BCUT2D eigenvalue weighted by molar-refractivity contribution is 0.103. The van der Waals surface area contributed by atoms with Gasteiger partial charge in [-0.15, -0.1) is 0 Å². The van der Waals surface area contributed by atoms with Crippen LogP contribution in [0.1, 0.15) is 22.3 Å². The molecule has 0 amide bonds. The van der Waals surface area contributed by atoms with Crippen LogP contribution in [-0.4, -0.2) is 31.7 Å². The first-order chi connectivity index (χ1) is 11.6. The van der Waals surface area contributed by atoms with Crippen molar-refractivity contribution < 1.29 is 24.1 Å². The minimum Gasteiger partial charge on any atom is -0.504 e. The summed E-state index contributed by atoms with van der Waals surface area (Å²) in [6.45, 7) is 0.403. The van der Waals surface area contributed by atoms with E-state index in [9.17, 15) is 9.90 Å². The molecule has 5 nitrogen and oxygen atoms in total. The van der Waals surface area contributed by atoms with Crippen LogP contribution in [0.3, 0.4) is 0 Å². The Hall–Kier alpha value is -2.95. The maximum absolute atomic E-state index is 12.8. The first-order valence-corrected chi connectivity index (χ1v) is 7.55. The average molecular weight is 326 g/mol. The predicted molar refractivity (Wildman–Crippen MR) is 90.1 cm³/mol. The zero-order valence-electron chi connectivity index (χ0n) is 13.5. The van der Waals surface area contributed by atoms with Crippen molar-refractivity contribution in [1.29, 1.82) is 0 Å². The Morgan fingerprint density at radius 3 is 2.67 bits per heavy atom. The van der Waals surface area contributed by atoms with Gasteiger partial charge in [0.05, 0.1) is 26.4 Å². The Kier molecular flexibility index (Phi) is 4.42. The number of fused-ring (bicyclic) bond motifs is 1. The topological polar surface area (TPSA) is 65.0 Å². The monoisotopic (exact) mass is 326 g/mol. The molecule has 1 N–H and O–H groups in total. The molecule has 1 aliphatic heterocycles. The third-order valence-corrected chi connectivity index (χ3v) is 3.90. The fourth-order valence-electron chi connectivity index (χ4n) is 2.63. The first kappa shape index (κ1) is 15.9. The number of benzene rings is 2. The van der Waals surface area contributed by atoms with Gasteiger partial charge in [0.15, 0.2) is 17.3 Å². The summed E-state index contributed by atoms with van der Waals surface area (Å²) in [5, 5.41) is 9.88. The maximum Gasteiger partial charge on any atom is 0.192 e. The molecule has 0 atom stereocenters. The smallest absolute Gasteiger partial charge is 0.192 e. The van der Waals surface area contributed by atoms with Crippen LogP contribution in [0.15, 0.2) is 42.0 Å². The second-order valence-electron chi connectivity index (χ2n) is 5.39. The third-order valence-electron chi connectivity index (χ3n) is 3.90. The van der Waals surface area contributed by atoms with E-state index < -0.39 is 0 Å². The molecule has 1 heterocycles. The molecule has 2 aromatic carbocycles. The van der Waals surface area contributed by atoms with Crippen molar-refractivity contribution in [3.8, 4) is 23.0 Å². The largest absolute Gasteiger partial charge is 0.504 e. The van der Waals surface area contributed by atoms with E-state index in [1.807, 2.05) is 0 Å². The highest BCUT2D eigenvalue weighted by Gasteiger charge is 2.21. The van der Waals surface area contributed by atoms with Crippen LogP contribution < -0.4 is 14.2 Å². The summed E-state index contributed by atoms with van der Waals surface area (Å²) in [6, 6.07) is 10.2. The summed E-state index contributed by atoms with van der Waals surface area (Å²) in [7, 11) is 3.06. The van der Waals surface area contributed by atoms with Gasteiger partial charge in [-0.1, -0.05) is 6.07 Å². The second-order valence-corrected chi connectivity index (χ2v) is 5.39. The highest BCUT2D eigenvalue weighted by Crippen LogP contribution is 2.32. The zero-order chi connectivity index (χ0) is 17.1. The minimum absolute atomic E-state index is 0.0364. The van der Waals surface area contributed by atoms with Gasteiger partial charge in [-0.3, -0.25) is 4.79 Å². The van der Waals surface area contributed by atoms with Crippen LogP contribution in [0.4, 0.5) is 0 Å². The number of phenols is 1. The van der Waals surface area contributed by atoms with Gasteiger partial charge >= 0.3 is 0 Å². The highest BCUT2D eigenvalue weighted by molar-refractivity contribution is 6.13. The van der Waals surface area contributed by atoms with Crippen molar-refractivity contribution in [1.82, 2.24) is 0 Å². The Morgan fingerprint density at radius 1 is 1.12 bits per heavy atom. The van der Waals surface area contributed by atoms with E-state index in [2.05, 4.69) is 0 Å². The number of hydrogen-bond acceptors (Lipinski definition) is 5. The molecule has 5 heteroatoms. The number of Topliss-reactive ketones (excluding diaryl/α,β-unsaturated/α-hetero) is 1. The molecular weight excluding hydrogens is 308 g/mol. The summed E-state index contributed by atoms with van der Waals surface area (Å²) in [4.78, 5) is 12.8. The summed E-state index contributed by atoms with van der Waals surface area (Å²) in [5.41, 5.74) is 1.87. The lowest BCUT2D eigenvalue weighted by Gasteiger charge is -2.07. The van der Waals surface area contributed by atoms with Crippen LogP contribution in [-0.2, 0) is 0 Å². The van der Waals surface area contributed by atoms with E-state index in [-0.39, 0.29) is 11.5 Å². The molecule has 124 valence electrons. The number of hydrogen-bond donors (Lipinski definition) is 1. The van der Waals surface area contributed by atoms with Crippen molar-refractivity contribution in [3.63, 3.8) is 0 Å². The third kappa shape index (κ3) is 3.06. The molecule has 2 aromatic rings. The van der Waals surface area contributed by atoms with Crippen molar-refractivity contribution in [2.75, 3.05) is 20.8 Å². The van der Waals surface area contributed by atoms with E-state index >= 15 is 0 Å². The molecule has 0 saturated carbocycles. The van der Waals surface area contributed by atoms with E-state index in [1.54, 1.807) is 49.6 Å². The van der Waals surface area contributed by atoms with Crippen molar-refractivity contribution in [3.05, 3.63) is 53.1 Å². The number of phenolic OH excluding ortho intramolecular Hbond substituents is 1. The Bertz CT molecular complexity index is 807. The molecule has 3 rings (SSSR count). The number of ether oxygens (including phenoxy) is 3. The SMILES string of the molecule is COc1ccc2c(c1)OCC/C(=C\c1ccc(OC)c(O)c1)C2=O. The van der Waals surface area contributed by atoms with E-state index in [0.29, 0.717) is 41.4 Å². The molecule has 0 unspecified atom stereocenters. The molecule has 0 fully saturated rings. The standard InChI is InChI=1S/C19H18O5/c1-22-14-4-5-15-18(11-14)24-8-7-13(19(15)21)9-12-3-6-17(23-2)16(20)10-12/h3-6,9-11,20H,7-8H2,1-2H3/b13-9+. The highest BCUT2D eigenvalue weighted by atomic mass is 16.5. The Morgan fingerprint density at radius 2 is 1.96 bits per heavy atom. The Labute approximate surface area is 140 Å². The summed E-state index contributed by atoms with van der Waals surface area (Å²) < 4.78 is 15.9. The average Bonchev–Trinajstić information content (AvgIpc) is 2.74. The van der Waals surface area contributed by atoms with Gasteiger partial charge in [0, 0.05) is 18.1 Å². The molecule has 0 aliphatic carbocycles. The zero-order valence-corrected chi connectivity index (χ0v) is 13.5. The van der Waals surface area contributed by atoms with Crippen LogP contribution in [0.25, 0.3) is 6.08 Å². The van der Waals surface area contributed by atoms with E-state index in [0.717, 1.165) is 5.56 Å². The number of rotatable bonds is 3. The van der Waals surface area contributed by atoms with Gasteiger partial charge in [-0.25, -0.2) is 0 Å². The van der Waals surface area contributed by atoms with Crippen LogP contribution in [0.2, 0.25) is 0 Å². The lowest BCUT2D eigenvalue weighted by atomic mass is 9.99. The molecule has 0 bridgehead atoms. The van der Waals surface area contributed by atoms with Crippen molar-refractivity contribution in [2.45, 2.75) is 6.42 Å². The molecule has 1 aliphatic rings. The molecular formula is C19H18O5. The van der Waals surface area contributed by atoms with Gasteiger partial charge in [-0.05, 0) is 35.9 Å². The molecule has 0 spiro atoms. The molecule has 0 aromatic heterocycles. The number of carbonyl (C=O) groups is 1. The predicted octanol–water partition coefficient (Wildman–Crippen LogP) is 3.46. The van der Waals surface area contributed by atoms with Gasteiger partial charge < -0.3 is 19.3 Å². The summed E-state index contributed by atoms with van der Waals surface area (Å²) >= 11 is 0. The van der Waals surface area contributed by atoms with Crippen LogP contribution >= 0.6 is 0 Å². The van der Waals surface area contributed by atoms with Gasteiger partial charge in [0.25, 0.3) is 0 Å². The van der Waals surface area contributed by atoms with E-state index in [1.165, 1.54) is 7.11 Å². The number of ketones is 1. The van der Waals surface area contributed by atoms with E-state index in [4.69, 9.17) is 14.2 Å². The summed E-state index contributed by atoms with van der Waals surface area (Å²) in [6.07, 6.45) is 2.26. The van der Waals surface area contributed by atoms with Crippen LogP contribution in [0.5, 0.6) is 23.0 Å². The number of methoxy groups -OCH3 is 2. The van der Waals surface area contributed by atoms with Gasteiger partial charge in [0.2, 0.25) is 0 Å². The number of carbonyl (C=O) groups excluding carboxylic acids is 1. The Balaban J connectivity index is 1.96. The van der Waals surface area contributed by atoms with Gasteiger partial charge in [-0.2, -0.15) is 0 Å². The van der Waals surface area contributed by atoms with Gasteiger partial charge in [0.1, 0.15) is 11.5 Å². The summed E-state index contributed by atoms with van der Waals surface area (Å²) in [5.74, 6) is 1.52. The fraction of sp³-hybridized carbons (Fsp3) is 0.211. The van der Waals surface area contributed by atoms with Crippen molar-refractivity contribution in [2.24, 2.45) is 0 Å². The quantitative estimate of drug-likeness (QED) is 0.875. The van der Waals surface area contributed by atoms with Crippen LogP contribution in [0, 0.1) is 0 Å². The lowest BCUT2D eigenvalue weighted by Crippen LogP contribution is -2.02.